The van der Waals surface area contributed by atoms with E-state index < -0.39 is 5.97 Å². The predicted molar refractivity (Wildman–Crippen MR) is 95.0 cm³/mol. The molecule has 2 aromatic heterocycles. The minimum atomic E-state index is -0.888. The molecular formula is C18H18N4O4. The average Bonchev–Trinajstić information content (AvgIpc) is 3.04. The number of aromatic nitrogens is 3. The number of ketones is 1. The molecule has 0 aliphatic rings. The van der Waals surface area contributed by atoms with Crippen molar-refractivity contribution < 1.29 is 19.4 Å². The fourth-order valence-corrected chi connectivity index (χ4v) is 2.55. The van der Waals surface area contributed by atoms with E-state index in [0.717, 1.165) is 10.9 Å². The minimum Gasteiger partial charge on any atom is -0.481 e. The third-order valence-electron chi connectivity index (χ3n) is 3.78. The van der Waals surface area contributed by atoms with E-state index in [1.54, 1.807) is 36.5 Å². The molecule has 0 saturated carbocycles. The molecule has 3 aromatic rings. The number of hydrogen-bond donors (Lipinski definition) is 3. The summed E-state index contributed by atoms with van der Waals surface area (Å²) in [7, 11) is 0. The second kappa shape index (κ2) is 7.64. The fourth-order valence-electron chi connectivity index (χ4n) is 2.55. The molecule has 1 aromatic carbocycles. The van der Waals surface area contributed by atoms with Crippen LogP contribution in [0.2, 0.25) is 0 Å². The van der Waals surface area contributed by atoms with Crippen LogP contribution in [0.15, 0.2) is 36.5 Å². The van der Waals surface area contributed by atoms with Gasteiger partial charge in [0.2, 0.25) is 11.8 Å². The summed E-state index contributed by atoms with van der Waals surface area (Å²) in [5, 5.41) is 9.31. The van der Waals surface area contributed by atoms with E-state index in [1.807, 2.05) is 0 Å². The first kappa shape index (κ1) is 17.4. The first-order valence-corrected chi connectivity index (χ1v) is 8.12. The number of nitrogens with two attached hydrogens (primary N) is 1. The summed E-state index contributed by atoms with van der Waals surface area (Å²) < 4.78 is 5.78. The number of fused-ring (bicyclic) bond motifs is 1. The van der Waals surface area contributed by atoms with Crippen molar-refractivity contribution in [2.45, 2.75) is 25.7 Å². The number of benzene rings is 1. The number of carboxylic acids is 1. The average molecular weight is 354 g/mol. The highest BCUT2D eigenvalue weighted by Gasteiger charge is 2.10. The summed E-state index contributed by atoms with van der Waals surface area (Å²) in [6.45, 7) is 0. The van der Waals surface area contributed by atoms with Gasteiger partial charge in [-0.05, 0) is 30.2 Å². The molecule has 0 unspecified atom stereocenters. The molecular weight excluding hydrogens is 336 g/mol. The van der Waals surface area contributed by atoms with Crippen LogP contribution in [-0.2, 0) is 16.0 Å². The molecule has 0 aliphatic heterocycles. The van der Waals surface area contributed by atoms with Gasteiger partial charge in [0.05, 0.1) is 5.39 Å². The molecule has 2 heterocycles. The highest BCUT2D eigenvalue weighted by molar-refractivity contribution is 5.82. The number of aliphatic carboxylic acids is 1. The van der Waals surface area contributed by atoms with Crippen LogP contribution in [0.1, 0.15) is 24.8 Å². The lowest BCUT2D eigenvalue weighted by Crippen LogP contribution is -2.04. The molecule has 4 N–H and O–H groups in total. The van der Waals surface area contributed by atoms with E-state index in [-0.39, 0.29) is 31.0 Å². The van der Waals surface area contributed by atoms with Crippen molar-refractivity contribution in [2.75, 3.05) is 5.73 Å². The van der Waals surface area contributed by atoms with Crippen molar-refractivity contribution >= 4 is 28.7 Å². The quantitative estimate of drug-likeness (QED) is 0.566. The smallest absolute Gasteiger partial charge is 0.303 e. The summed E-state index contributed by atoms with van der Waals surface area (Å²) in [5.74, 6) is 0.149. The van der Waals surface area contributed by atoms with E-state index >= 15 is 0 Å². The van der Waals surface area contributed by atoms with Gasteiger partial charge in [-0.1, -0.05) is 12.1 Å². The maximum atomic E-state index is 11.9. The molecule has 0 amide bonds. The SMILES string of the molecule is Nc1nc(Oc2ccc(CC(=O)CCCC(=O)O)cc2)c2cc[nH]c2n1. The topological polar surface area (TPSA) is 131 Å². The number of carbonyl (C=O) groups excluding carboxylic acids is 1. The molecule has 26 heavy (non-hydrogen) atoms. The van der Waals surface area contributed by atoms with Gasteiger partial charge in [0.1, 0.15) is 17.2 Å². The Labute approximate surface area is 149 Å². The number of carbonyl (C=O) groups is 2. The van der Waals surface area contributed by atoms with Crippen LogP contribution in [0.3, 0.4) is 0 Å². The van der Waals surface area contributed by atoms with Crippen molar-refractivity contribution in [3.05, 3.63) is 42.1 Å². The molecule has 0 saturated heterocycles. The zero-order chi connectivity index (χ0) is 18.5. The maximum Gasteiger partial charge on any atom is 0.303 e. The number of anilines is 1. The lowest BCUT2D eigenvalue weighted by Gasteiger charge is -2.07. The number of nitrogen functional groups attached to an aromatic ring is 1. The molecule has 0 aliphatic carbocycles. The van der Waals surface area contributed by atoms with Gasteiger partial charge in [-0.15, -0.1) is 0 Å². The van der Waals surface area contributed by atoms with Crippen LogP contribution in [0.25, 0.3) is 11.0 Å². The van der Waals surface area contributed by atoms with Crippen molar-refractivity contribution in [3.63, 3.8) is 0 Å². The Bertz CT molecular complexity index is 934. The van der Waals surface area contributed by atoms with Crippen LogP contribution >= 0.6 is 0 Å². The Hall–Kier alpha value is -3.42. The zero-order valence-electron chi connectivity index (χ0n) is 13.9. The normalized spacial score (nSPS) is 10.8. The van der Waals surface area contributed by atoms with Gasteiger partial charge >= 0.3 is 5.97 Å². The molecule has 0 atom stereocenters. The van der Waals surface area contributed by atoms with Crippen molar-refractivity contribution in [1.29, 1.82) is 0 Å². The predicted octanol–water partition coefficient (Wildman–Crippen LogP) is 2.70. The third-order valence-corrected chi connectivity index (χ3v) is 3.78. The molecule has 3 rings (SSSR count). The van der Waals surface area contributed by atoms with E-state index in [1.165, 1.54) is 0 Å². The molecule has 8 nitrogen and oxygen atoms in total. The van der Waals surface area contributed by atoms with E-state index in [0.29, 0.717) is 23.7 Å². The largest absolute Gasteiger partial charge is 0.481 e. The van der Waals surface area contributed by atoms with Gasteiger partial charge in [0.15, 0.2) is 0 Å². The molecule has 0 radical (unpaired) electrons. The zero-order valence-corrected chi connectivity index (χ0v) is 13.9. The van der Waals surface area contributed by atoms with Crippen LogP contribution in [0.4, 0.5) is 5.95 Å². The lowest BCUT2D eigenvalue weighted by molar-refractivity contribution is -0.137. The fraction of sp³-hybridized carbons (Fsp3) is 0.222. The second-order valence-corrected chi connectivity index (χ2v) is 5.84. The van der Waals surface area contributed by atoms with Gasteiger partial charge in [-0.3, -0.25) is 9.59 Å². The Kier molecular flexibility index (Phi) is 5.12. The number of ether oxygens (including phenoxy) is 1. The van der Waals surface area contributed by atoms with Gasteiger partial charge in [0.25, 0.3) is 0 Å². The second-order valence-electron chi connectivity index (χ2n) is 5.84. The molecule has 134 valence electrons. The number of nitrogens with one attached hydrogen (secondary N) is 1. The van der Waals surface area contributed by atoms with Crippen LogP contribution in [0, 0.1) is 0 Å². The van der Waals surface area contributed by atoms with E-state index in [4.69, 9.17) is 15.6 Å². The summed E-state index contributed by atoms with van der Waals surface area (Å²) in [5.41, 5.74) is 7.11. The maximum absolute atomic E-state index is 11.9. The Balaban J connectivity index is 1.63. The number of hydrogen-bond acceptors (Lipinski definition) is 6. The van der Waals surface area contributed by atoms with Crippen molar-refractivity contribution in [3.8, 4) is 11.6 Å². The molecule has 0 bridgehead atoms. The van der Waals surface area contributed by atoms with Gasteiger partial charge in [0, 0.05) is 25.5 Å². The number of rotatable bonds is 8. The monoisotopic (exact) mass is 354 g/mol. The van der Waals surface area contributed by atoms with E-state index in [2.05, 4.69) is 15.0 Å². The highest BCUT2D eigenvalue weighted by Crippen LogP contribution is 2.27. The first-order valence-electron chi connectivity index (χ1n) is 8.12. The third kappa shape index (κ3) is 4.35. The molecule has 0 spiro atoms. The first-order chi connectivity index (χ1) is 12.5. The van der Waals surface area contributed by atoms with Crippen LogP contribution in [-0.4, -0.2) is 31.8 Å². The summed E-state index contributed by atoms with van der Waals surface area (Å²) in [6, 6.07) is 8.88. The number of H-pyrrole nitrogens is 1. The summed E-state index contributed by atoms with van der Waals surface area (Å²) in [6.07, 6.45) is 2.62. The number of aromatic amines is 1. The Morgan fingerprint density at radius 1 is 1.12 bits per heavy atom. The molecule has 0 fully saturated rings. The standard InChI is InChI=1S/C18H18N4O4/c19-18-21-16-14(8-9-20-16)17(22-18)26-13-6-4-11(5-7-13)10-12(23)2-1-3-15(24)25/h4-9H,1-3,10H2,(H,24,25)(H3,19,20,21,22). The van der Waals surface area contributed by atoms with Crippen molar-refractivity contribution in [1.82, 2.24) is 15.0 Å². The number of Topliss-reactive ketones (excluding diaryl/α,β-unsaturated/α-hetero) is 1. The number of carboxylic acid groups (broad SMARTS) is 1. The number of nitrogens with zero attached hydrogens (tertiary/aromatic N) is 2. The Morgan fingerprint density at radius 3 is 2.62 bits per heavy atom. The lowest BCUT2D eigenvalue weighted by atomic mass is 10.0. The summed E-state index contributed by atoms with van der Waals surface area (Å²) >= 11 is 0. The minimum absolute atomic E-state index is 0.00814. The van der Waals surface area contributed by atoms with Crippen LogP contribution < -0.4 is 10.5 Å². The highest BCUT2D eigenvalue weighted by atomic mass is 16.5. The van der Waals surface area contributed by atoms with Crippen molar-refractivity contribution in [2.24, 2.45) is 0 Å². The van der Waals surface area contributed by atoms with Gasteiger partial charge in [-0.25, -0.2) is 0 Å². The van der Waals surface area contributed by atoms with Crippen LogP contribution in [0.5, 0.6) is 11.6 Å². The van der Waals surface area contributed by atoms with Gasteiger partial charge in [-0.2, -0.15) is 9.97 Å². The summed E-state index contributed by atoms with van der Waals surface area (Å²) in [4.78, 5) is 33.5. The molecule has 8 heteroatoms. The Morgan fingerprint density at radius 2 is 1.88 bits per heavy atom. The van der Waals surface area contributed by atoms with Gasteiger partial charge < -0.3 is 20.6 Å². The van der Waals surface area contributed by atoms with E-state index in [9.17, 15) is 9.59 Å².